The van der Waals surface area contributed by atoms with Gasteiger partial charge in [-0.05, 0) is 43.3 Å². The molecule has 0 unspecified atom stereocenters. The zero-order valence-electron chi connectivity index (χ0n) is 28.4. The van der Waals surface area contributed by atoms with E-state index in [-0.39, 0.29) is 77.1 Å². The van der Waals surface area contributed by atoms with E-state index < -0.39 is 11.9 Å². The first kappa shape index (κ1) is 65.3. The van der Waals surface area contributed by atoms with Crippen molar-refractivity contribution in [3.05, 3.63) is 83.9 Å². The predicted octanol–water partition coefficient (Wildman–Crippen LogP) is 10.5. The van der Waals surface area contributed by atoms with E-state index in [0.717, 1.165) is 41.7 Å². The number of carboxylic acids is 2. The second-order valence-corrected chi connectivity index (χ2v) is 6.14. The van der Waals surface area contributed by atoms with E-state index in [1.54, 1.807) is 0 Å². The smallest absolute Gasteiger partial charge is 0.300 e. The van der Waals surface area contributed by atoms with Crippen LogP contribution in [0.4, 0.5) is 0 Å². The Kier molecular flexibility index (Phi) is 70.3. The van der Waals surface area contributed by atoms with Crippen LogP contribution in [0.25, 0.3) is 11.0 Å². The van der Waals surface area contributed by atoms with Gasteiger partial charge in [-0.15, -0.1) is 0 Å². The van der Waals surface area contributed by atoms with Gasteiger partial charge in [-0.1, -0.05) is 96.2 Å². The molecule has 0 amide bonds. The SMILES string of the molecule is C.C.CC.CC.CC.CC.CC.CC(=O)O.CC(=O)O.Cc1cc(C#N)c2ccccn12.N#Cc1ccn2ccccc12.[U].[U]. The van der Waals surface area contributed by atoms with E-state index in [1.807, 2.05) is 152 Å². The fourth-order valence-electron chi connectivity index (χ4n) is 2.56. The summed E-state index contributed by atoms with van der Waals surface area (Å²) in [5.41, 5.74) is 4.52. The Balaban J connectivity index is -0.0000000519. The minimum absolute atomic E-state index is 0. The molecule has 10 heteroatoms. The number of carboxylic acid groups (broad SMARTS) is 2. The third-order valence-corrected chi connectivity index (χ3v) is 3.68. The molecule has 0 spiro atoms. The van der Waals surface area contributed by atoms with Crippen LogP contribution in [0.3, 0.4) is 0 Å². The maximum Gasteiger partial charge on any atom is 0.300 e. The van der Waals surface area contributed by atoms with Crippen molar-refractivity contribution in [2.45, 2.75) is 105 Å². The third-order valence-electron chi connectivity index (χ3n) is 3.68. The van der Waals surface area contributed by atoms with Crippen LogP contribution in [-0.4, -0.2) is 31.0 Å². The van der Waals surface area contributed by atoms with Gasteiger partial charge in [0.25, 0.3) is 11.9 Å². The number of nitriles is 2. The van der Waals surface area contributed by atoms with E-state index in [4.69, 9.17) is 30.3 Å². The van der Waals surface area contributed by atoms with Crippen molar-refractivity contribution in [1.29, 1.82) is 10.5 Å². The molecule has 252 valence electrons. The summed E-state index contributed by atoms with van der Waals surface area (Å²) in [6.45, 7) is 24.2. The Morgan fingerprint density at radius 2 is 0.978 bits per heavy atom. The minimum Gasteiger partial charge on any atom is -0.481 e. The van der Waals surface area contributed by atoms with Crippen molar-refractivity contribution in [1.82, 2.24) is 8.80 Å². The molecule has 4 rings (SSSR count). The van der Waals surface area contributed by atoms with E-state index in [1.165, 1.54) is 0 Å². The van der Waals surface area contributed by atoms with Gasteiger partial charge in [-0.2, -0.15) is 10.5 Å². The molecule has 4 aromatic heterocycles. The maximum absolute atomic E-state index is 9.00. The third kappa shape index (κ3) is 32.7. The number of nitrogens with zero attached hydrogens (tertiary/aromatic N) is 4. The maximum atomic E-state index is 9.00. The summed E-state index contributed by atoms with van der Waals surface area (Å²) >= 11 is 0. The van der Waals surface area contributed by atoms with E-state index in [0.29, 0.717) is 0 Å². The van der Waals surface area contributed by atoms with E-state index in [9.17, 15) is 0 Å². The van der Waals surface area contributed by atoms with Crippen LogP contribution < -0.4 is 0 Å². The van der Waals surface area contributed by atoms with Gasteiger partial charge in [0.05, 0.1) is 22.2 Å². The van der Waals surface area contributed by atoms with Gasteiger partial charge in [0, 0.05) is 100 Å². The number of hydrogen-bond donors (Lipinski definition) is 2. The number of rotatable bonds is 0. The van der Waals surface area contributed by atoms with Crippen LogP contribution in [0.2, 0.25) is 0 Å². The number of carbonyl (C=O) groups is 2. The molecule has 0 saturated heterocycles. The van der Waals surface area contributed by atoms with Gasteiger partial charge in [0.2, 0.25) is 0 Å². The molecule has 0 aliphatic heterocycles. The Morgan fingerprint density at radius 1 is 0.622 bits per heavy atom. The zero-order valence-corrected chi connectivity index (χ0v) is 36.7. The van der Waals surface area contributed by atoms with Gasteiger partial charge in [0.15, 0.2) is 0 Å². The molecule has 0 radical (unpaired) electrons. The number of pyridine rings is 2. The molecule has 0 saturated carbocycles. The predicted molar refractivity (Wildman–Crippen MR) is 186 cm³/mol. The van der Waals surface area contributed by atoms with Gasteiger partial charge in [0.1, 0.15) is 12.1 Å². The molecule has 4 aromatic rings. The van der Waals surface area contributed by atoms with Crippen LogP contribution in [0, 0.1) is 91.8 Å². The van der Waals surface area contributed by atoms with Crippen LogP contribution >= 0.6 is 0 Å². The quantitative estimate of drug-likeness (QED) is 0.180. The molecule has 8 nitrogen and oxygen atoms in total. The molecule has 45 heavy (non-hydrogen) atoms. The Hall–Kier alpha value is -2.46. The molecule has 0 aromatic carbocycles. The first-order valence-electron chi connectivity index (χ1n) is 14.0. The van der Waals surface area contributed by atoms with Gasteiger partial charge in [-0.25, -0.2) is 0 Å². The molecule has 0 fully saturated rings. The summed E-state index contributed by atoms with van der Waals surface area (Å²) in [5.74, 6) is -1.67. The second kappa shape index (κ2) is 48.4. The average molecular weight is 1080 g/mol. The molecule has 2 N–H and O–H groups in total. The van der Waals surface area contributed by atoms with Gasteiger partial charge >= 0.3 is 0 Å². The molecule has 0 atom stereocenters. The van der Waals surface area contributed by atoms with Crippen LogP contribution in [0.1, 0.15) is 115 Å². The fraction of sp³-hybridized carbons (Fsp3) is 0.429. The van der Waals surface area contributed by atoms with Crippen LogP contribution in [0.5, 0.6) is 0 Å². The van der Waals surface area contributed by atoms with E-state index >= 15 is 0 Å². The van der Waals surface area contributed by atoms with Crippen molar-refractivity contribution >= 4 is 23.0 Å². The van der Waals surface area contributed by atoms with Crippen molar-refractivity contribution in [3.63, 3.8) is 0 Å². The molecule has 0 bridgehead atoms. The summed E-state index contributed by atoms with van der Waals surface area (Å²) in [4.78, 5) is 18.0. The van der Waals surface area contributed by atoms with Crippen molar-refractivity contribution in [2.24, 2.45) is 0 Å². The monoisotopic (exact) mass is 1080 g/mol. The summed E-state index contributed by atoms with van der Waals surface area (Å²) in [5, 5.41) is 32.3. The summed E-state index contributed by atoms with van der Waals surface area (Å²) in [6, 6.07) is 19.7. The summed E-state index contributed by atoms with van der Waals surface area (Å²) in [7, 11) is 0. The minimum atomic E-state index is -0.833. The standard InChI is InChI=1S/C10H8N2.C9H6N2.2C2H4O2.5C2H6.2CH4.2U/c1-8-6-9(7-11)10-4-2-3-5-12(8)10;10-7-8-4-6-11-5-2-1-3-9(8)11;2*1-2(3)4;5*1-2;;;;/h2-6H,1H3;1-6H;2*1H3,(H,3,4);5*1-2H3;2*1H4;;. The van der Waals surface area contributed by atoms with Crippen molar-refractivity contribution in [3.8, 4) is 12.1 Å². The summed E-state index contributed by atoms with van der Waals surface area (Å²) in [6.07, 6.45) is 5.77. The van der Waals surface area contributed by atoms with Gasteiger partial charge in [-0.3, -0.25) is 9.59 Å². The Morgan fingerprint density at radius 3 is 1.36 bits per heavy atom. The van der Waals surface area contributed by atoms with Crippen molar-refractivity contribution < 1.29 is 82.0 Å². The molecule has 0 aliphatic rings. The topological polar surface area (TPSA) is 131 Å². The van der Waals surface area contributed by atoms with Crippen molar-refractivity contribution in [2.75, 3.05) is 0 Å². The Labute approximate surface area is 322 Å². The first-order chi connectivity index (χ1) is 19.7. The van der Waals surface area contributed by atoms with E-state index in [2.05, 4.69) is 12.1 Å². The fourth-order valence-corrected chi connectivity index (χ4v) is 2.56. The second-order valence-electron chi connectivity index (χ2n) is 6.14. The zero-order chi connectivity index (χ0) is 33.4. The number of fused-ring (bicyclic) bond motifs is 2. The molecular formula is C35H60N4O4U2. The number of aromatic nitrogens is 2. The number of hydrogen-bond acceptors (Lipinski definition) is 4. The molecular weight excluding hydrogens is 1020 g/mol. The summed E-state index contributed by atoms with van der Waals surface area (Å²) < 4.78 is 3.94. The van der Waals surface area contributed by atoms with Gasteiger partial charge < -0.3 is 19.0 Å². The largest absolute Gasteiger partial charge is 0.481 e. The average Bonchev–Trinajstić information content (AvgIpc) is 3.58. The van der Waals surface area contributed by atoms with Crippen LogP contribution in [0.15, 0.2) is 67.1 Å². The number of aliphatic carboxylic acids is 2. The first-order valence-corrected chi connectivity index (χ1v) is 14.0. The van der Waals surface area contributed by atoms with Crippen LogP contribution in [-0.2, 0) is 9.59 Å². The normalized spacial score (nSPS) is 6.82. The number of aryl methyl sites for hydroxylation is 1. The molecule has 4 heterocycles. The Bertz CT molecular complexity index is 1250. The molecule has 0 aliphatic carbocycles.